The smallest absolute Gasteiger partial charge is 0.261 e. The summed E-state index contributed by atoms with van der Waals surface area (Å²) in [5, 5.41) is 1.46. The van der Waals surface area contributed by atoms with Gasteiger partial charge in [-0.1, -0.05) is 56.1 Å². The zero-order chi connectivity index (χ0) is 25.4. The highest BCUT2D eigenvalue weighted by Crippen LogP contribution is 2.35. The van der Waals surface area contributed by atoms with E-state index in [1.807, 2.05) is 24.3 Å². The number of amides is 3. The van der Waals surface area contributed by atoms with Crippen molar-refractivity contribution >= 4 is 66.0 Å². The van der Waals surface area contributed by atoms with Crippen LogP contribution >= 0.6 is 31.9 Å². The first kappa shape index (κ1) is 24.2. The Bertz CT molecular complexity index is 1500. The van der Waals surface area contributed by atoms with Gasteiger partial charge in [-0.3, -0.25) is 19.3 Å². The molecule has 0 saturated carbocycles. The fraction of sp³-hybridized carbons (Fsp3) is 0.107. The predicted octanol–water partition coefficient (Wildman–Crippen LogP) is 6.32. The number of ether oxygens (including phenoxy) is 1. The monoisotopic (exact) mass is 606 g/mol. The molecule has 1 aliphatic heterocycles. The SMILES string of the molecule is COc1ccccc1N(CCN1C(=O)c2cccc3c(Br)ccc(c23)C1=O)C(=O)c1ccc(Br)cc1. The minimum Gasteiger partial charge on any atom is -0.495 e. The number of imide groups is 1. The number of carbonyl (C=O) groups excluding carboxylic acids is 3. The molecule has 1 heterocycles. The summed E-state index contributed by atoms with van der Waals surface area (Å²) in [6, 6.07) is 23.2. The van der Waals surface area contributed by atoms with Gasteiger partial charge in [-0.2, -0.15) is 0 Å². The summed E-state index contributed by atoms with van der Waals surface area (Å²) in [6.45, 7) is 0.110. The van der Waals surface area contributed by atoms with Crippen molar-refractivity contribution in [3.63, 3.8) is 0 Å². The number of methoxy groups -OCH3 is 1. The van der Waals surface area contributed by atoms with E-state index in [4.69, 9.17) is 4.74 Å². The third-order valence-corrected chi connectivity index (χ3v) is 7.42. The molecule has 180 valence electrons. The van der Waals surface area contributed by atoms with Crippen molar-refractivity contribution in [3.8, 4) is 5.75 Å². The highest BCUT2D eigenvalue weighted by Gasteiger charge is 2.34. The van der Waals surface area contributed by atoms with E-state index >= 15 is 0 Å². The molecule has 3 amide bonds. The van der Waals surface area contributed by atoms with Crippen LogP contribution in [0.4, 0.5) is 5.69 Å². The molecule has 0 spiro atoms. The quantitative estimate of drug-likeness (QED) is 0.241. The van der Waals surface area contributed by atoms with Gasteiger partial charge in [0.25, 0.3) is 17.7 Å². The van der Waals surface area contributed by atoms with Crippen LogP contribution in [-0.2, 0) is 0 Å². The normalized spacial score (nSPS) is 12.7. The van der Waals surface area contributed by atoms with Gasteiger partial charge in [0.05, 0.1) is 12.8 Å². The molecule has 0 bridgehead atoms. The van der Waals surface area contributed by atoms with Crippen molar-refractivity contribution in [1.82, 2.24) is 4.90 Å². The van der Waals surface area contributed by atoms with Crippen molar-refractivity contribution in [2.45, 2.75) is 0 Å². The Morgan fingerprint density at radius 2 is 1.56 bits per heavy atom. The van der Waals surface area contributed by atoms with Gasteiger partial charge < -0.3 is 9.64 Å². The molecule has 0 unspecified atom stereocenters. The first-order valence-corrected chi connectivity index (χ1v) is 12.8. The fourth-order valence-corrected chi connectivity index (χ4v) is 5.17. The molecule has 1 aliphatic rings. The van der Waals surface area contributed by atoms with E-state index in [2.05, 4.69) is 31.9 Å². The molecular weight excluding hydrogens is 588 g/mol. The molecule has 8 heteroatoms. The Morgan fingerprint density at radius 1 is 0.861 bits per heavy atom. The molecule has 36 heavy (non-hydrogen) atoms. The third kappa shape index (κ3) is 4.20. The van der Waals surface area contributed by atoms with E-state index in [9.17, 15) is 14.4 Å². The van der Waals surface area contributed by atoms with Gasteiger partial charge in [0.15, 0.2) is 0 Å². The summed E-state index contributed by atoms with van der Waals surface area (Å²) in [5.41, 5.74) is 1.95. The summed E-state index contributed by atoms with van der Waals surface area (Å²) < 4.78 is 7.18. The third-order valence-electron chi connectivity index (χ3n) is 6.20. The van der Waals surface area contributed by atoms with Gasteiger partial charge in [-0.05, 0) is 60.0 Å². The van der Waals surface area contributed by atoms with Gasteiger partial charge in [0, 0.05) is 44.1 Å². The van der Waals surface area contributed by atoms with Crippen LogP contribution in [0.2, 0.25) is 0 Å². The van der Waals surface area contributed by atoms with E-state index < -0.39 is 0 Å². The van der Waals surface area contributed by atoms with Crippen molar-refractivity contribution in [1.29, 1.82) is 0 Å². The number of halogens is 2. The minimum absolute atomic E-state index is 0.0177. The summed E-state index contributed by atoms with van der Waals surface area (Å²) >= 11 is 6.91. The lowest BCUT2D eigenvalue weighted by Crippen LogP contribution is -2.46. The Kier molecular flexibility index (Phi) is 6.64. The number of rotatable bonds is 6. The van der Waals surface area contributed by atoms with Crippen LogP contribution in [0.5, 0.6) is 5.75 Å². The maximum absolute atomic E-state index is 13.6. The van der Waals surface area contributed by atoms with Gasteiger partial charge in [0.1, 0.15) is 5.75 Å². The number of hydrogen-bond donors (Lipinski definition) is 0. The summed E-state index contributed by atoms with van der Waals surface area (Å²) in [4.78, 5) is 43.2. The van der Waals surface area contributed by atoms with Crippen LogP contribution in [0, 0.1) is 0 Å². The van der Waals surface area contributed by atoms with Crippen molar-refractivity contribution in [2.24, 2.45) is 0 Å². The first-order chi connectivity index (χ1) is 17.4. The molecule has 0 saturated heterocycles. The van der Waals surface area contributed by atoms with Crippen molar-refractivity contribution < 1.29 is 19.1 Å². The number of nitrogens with zero attached hydrogens (tertiary/aromatic N) is 2. The molecule has 0 radical (unpaired) electrons. The number of anilines is 1. The second-order valence-electron chi connectivity index (χ2n) is 8.22. The van der Waals surface area contributed by atoms with Crippen LogP contribution in [0.15, 0.2) is 87.8 Å². The average Bonchev–Trinajstić information content (AvgIpc) is 2.90. The van der Waals surface area contributed by atoms with Crippen molar-refractivity contribution in [3.05, 3.63) is 104 Å². The molecule has 0 fully saturated rings. The highest BCUT2D eigenvalue weighted by molar-refractivity contribution is 9.11. The number of benzene rings is 4. The lowest BCUT2D eigenvalue weighted by atomic mass is 9.94. The molecule has 0 aliphatic carbocycles. The zero-order valence-electron chi connectivity index (χ0n) is 19.2. The molecule has 4 aromatic carbocycles. The van der Waals surface area contributed by atoms with Crippen LogP contribution in [0.25, 0.3) is 10.8 Å². The molecule has 6 nitrogen and oxygen atoms in total. The average molecular weight is 608 g/mol. The Morgan fingerprint density at radius 3 is 2.28 bits per heavy atom. The van der Waals surface area contributed by atoms with Gasteiger partial charge in [-0.15, -0.1) is 0 Å². The Hall–Kier alpha value is -3.49. The van der Waals surface area contributed by atoms with Crippen LogP contribution in [0.1, 0.15) is 31.1 Å². The van der Waals surface area contributed by atoms with Gasteiger partial charge >= 0.3 is 0 Å². The molecule has 5 rings (SSSR count). The van der Waals surface area contributed by atoms with Crippen molar-refractivity contribution in [2.75, 3.05) is 25.1 Å². The molecule has 4 aromatic rings. The minimum atomic E-state index is -0.382. The topological polar surface area (TPSA) is 66.9 Å². The molecule has 0 aromatic heterocycles. The maximum Gasteiger partial charge on any atom is 0.261 e. The zero-order valence-corrected chi connectivity index (χ0v) is 22.4. The van der Waals surface area contributed by atoms with E-state index in [0.29, 0.717) is 33.5 Å². The summed E-state index contributed by atoms with van der Waals surface area (Å²) in [6.07, 6.45) is 0. The largest absolute Gasteiger partial charge is 0.495 e. The second kappa shape index (κ2) is 9.87. The van der Waals surface area contributed by atoms with Gasteiger partial charge in [-0.25, -0.2) is 0 Å². The lowest BCUT2D eigenvalue weighted by Gasteiger charge is -2.31. The van der Waals surface area contributed by atoms with E-state index in [1.54, 1.807) is 59.5 Å². The number of para-hydroxylation sites is 2. The lowest BCUT2D eigenvalue weighted by molar-refractivity contribution is 0.0611. The second-order valence-corrected chi connectivity index (χ2v) is 9.99. The molecule has 0 atom stereocenters. The first-order valence-electron chi connectivity index (χ1n) is 11.2. The predicted molar refractivity (Wildman–Crippen MR) is 146 cm³/mol. The molecular formula is C28H20Br2N2O4. The van der Waals surface area contributed by atoms with E-state index in [0.717, 1.165) is 14.3 Å². The van der Waals surface area contributed by atoms with E-state index in [-0.39, 0.29) is 30.8 Å². The maximum atomic E-state index is 13.6. The molecule has 0 N–H and O–H groups in total. The fourth-order valence-electron chi connectivity index (χ4n) is 4.45. The van der Waals surface area contributed by atoms with Crippen LogP contribution in [-0.4, -0.2) is 42.8 Å². The van der Waals surface area contributed by atoms with Crippen LogP contribution in [0.3, 0.4) is 0 Å². The van der Waals surface area contributed by atoms with Gasteiger partial charge in [0.2, 0.25) is 0 Å². The van der Waals surface area contributed by atoms with E-state index in [1.165, 1.54) is 12.0 Å². The highest BCUT2D eigenvalue weighted by atomic mass is 79.9. The number of hydrogen-bond acceptors (Lipinski definition) is 4. The number of carbonyl (C=O) groups is 3. The standard InChI is InChI=1S/C28H20Br2N2O4/c1-36-24-8-3-2-7-23(24)31(26(33)17-9-11-18(29)12-10-17)15-16-32-27(34)20-6-4-5-19-22(30)14-13-21(25(19)20)28(32)35/h2-14H,15-16H2,1H3. The Balaban J connectivity index is 1.50. The Labute approximate surface area is 224 Å². The summed E-state index contributed by atoms with van der Waals surface area (Å²) in [7, 11) is 1.54. The van der Waals surface area contributed by atoms with Crippen LogP contribution < -0.4 is 9.64 Å². The summed E-state index contributed by atoms with van der Waals surface area (Å²) in [5.74, 6) is -0.519.